The van der Waals surface area contributed by atoms with Crippen LogP contribution >= 0.6 is 0 Å². The summed E-state index contributed by atoms with van der Waals surface area (Å²) in [7, 11) is 0. The van der Waals surface area contributed by atoms with E-state index in [9.17, 15) is 4.79 Å². The van der Waals surface area contributed by atoms with E-state index < -0.39 is 0 Å². The Morgan fingerprint density at radius 3 is 2.93 bits per heavy atom. The van der Waals surface area contributed by atoms with Gasteiger partial charge in [0.1, 0.15) is 0 Å². The van der Waals surface area contributed by atoms with Gasteiger partial charge in [0.05, 0.1) is 0 Å². The number of benzene rings is 1. The number of hydrogen-bond acceptors (Lipinski definition) is 2. The van der Waals surface area contributed by atoms with E-state index in [2.05, 4.69) is 5.32 Å². The zero-order chi connectivity index (χ0) is 11.1. The zero-order valence-electron chi connectivity index (χ0n) is 9.12. The summed E-state index contributed by atoms with van der Waals surface area (Å²) >= 11 is 0. The summed E-state index contributed by atoms with van der Waals surface area (Å²) in [5, 5.41) is 2.78. The van der Waals surface area contributed by atoms with Gasteiger partial charge < -0.3 is 11.1 Å². The maximum absolute atomic E-state index is 11.5. The van der Waals surface area contributed by atoms with Gasteiger partial charge >= 0.3 is 0 Å². The number of amides is 1. The third-order valence-corrected chi connectivity index (χ3v) is 2.20. The van der Waals surface area contributed by atoms with Crippen molar-refractivity contribution in [3.63, 3.8) is 0 Å². The second-order valence-corrected chi connectivity index (χ2v) is 3.45. The lowest BCUT2D eigenvalue weighted by molar-refractivity contribution is 0.0955. The van der Waals surface area contributed by atoms with Crippen LogP contribution in [0.4, 0.5) is 0 Å². The molecule has 0 radical (unpaired) electrons. The SMILES string of the molecule is CCNC(=O)c1cccc(CCCN)c1. The molecule has 0 aromatic heterocycles. The molecule has 0 saturated heterocycles. The number of carbonyl (C=O) groups excluding carboxylic acids is 1. The first-order valence-electron chi connectivity index (χ1n) is 5.35. The average Bonchev–Trinajstić information content (AvgIpc) is 2.27. The summed E-state index contributed by atoms with van der Waals surface area (Å²) in [5.74, 6) is -0.00732. The molecule has 1 aromatic rings. The maximum atomic E-state index is 11.5. The van der Waals surface area contributed by atoms with Crippen LogP contribution < -0.4 is 11.1 Å². The molecule has 0 heterocycles. The van der Waals surface area contributed by atoms with E-state index >= 15 is 0 Å². The highest BCUT2D eigenvalue weighted by molar-refractivity contribution is 5.94. The van der Waals surface area contributed by atoms with Crippen molar-refractivity contribution in [3.05, 3.63) is 35.4 Å². The highest BCUT2D eigenvalue weighted by atomic mass is 16.1. The van der Waals surface area contributed by atoms with Gasteiger partial charge in [0, 0.05) is 12.1 Å². The monoisotopic (exact) mass is 206 g/mol. The molecule has 3 N–H and O–H groups in total. The predicted molar refractivity (Wildman–Crippen MR) is 61.8 cm³/mol. The van der Waals surface area contributed by atoms with Crippen molar-refractivity contribution >= 4 is 5.91 Å². The maximum Gasteiger partial charge on any atom is 0.251 e. The molecular weight excluding hydrogens is 188 g/mol. The summed E-state index contributed by atoms with van der Waals surface area (Å²) in [6.45, 7) is 3.26. The van der Waals surface area contributed by atoms with E-state index in [4.69, 9.17) is 5.73 Å². The Balaban J connectivity index is 2.69. The van der Waals surface area contributed by atoms with E-state index in [1.807, 2.05) is 31.2 Å². The topological polar surface area (TPSA) is 55.1 Å². The second-order valence-electron chi connectivity index (χ2n) is 3.45. The molecule has 1 aromatic carbocycles. The van der Waals surface area contributed by atoms with E-state index in [1.165, 1.54) is 5.56 Å². The molecular formula is C12H18N2O. The van der Waals surface area contributed by atoms with Crippen molar-refractivity contribution in [3.8, 4) is 0 Å². The fourth-order valence-corrected chi connectivity index (χ4v) is 1.44. The van der Waals surface area contributed by atoms with E-state index in [0.29, 0.717) is 13.1 Å². The molecule has 0 fully saturated rings. The molecule has 82 valence electrons. The average molecular weight is 206 g/mol. The molecule has 0 spiro atoms. The molecule has 0 atom stereocenters. The fourth-order valence-electron chi connectivity index (χ4n) is 1.44. The largest absolute Gasteiger partial charge is 0.352 e. The predicted octanol–water partition coefficient (Wildman–Crippen LogP) is 1.33. The highest BCUT2D eigenvalue weighted by Gasteiger charge is 2.03. The van der Waals surface area contributed by atoms with Gasteiger partial charge in [-0.25, -0.2) is 0 Å². The molecule has 0 aliphatic rings. The third kappa shape index (κ3) is 3.72. The quantitative estimate of drug-likeness (QED) is 0.763. The zero-order valence-corrected chi connectivity index (χ0v) is 9.12. The first-order valence-corrected chi connectivity index (χ1v) is 5.35. The molecule has 0 saturated carbocycles. The van der Waals surface area contributed by atoms with Crippen LogP contribution in [0.25, 0.3) is 0 Å². The highest BCUT2D eigenvalue weighted by Crippen LogP contribution is 2.07. The van der Waals surface area contributed by atoms with E-state index in [0.717, 1.165) is 18.4 Å². The third-order valence-electron chi connectivity index (χ3n) is 2.20. The lowest BCUT2D eigenvalue weighted by Gasteiger charge is -2.04. The lowest BCUT2D eigenvalue weighted by Crippen LogP contribution is -2.22. The van der Waals surface area contributed by atoms with Crippen molar-refractivity contribution in [2.75, 3.05) is 13.1 Å². The molecule has 0 unspecified atom stereocenters. The van der Waals surface area contributed by atoms with Crippen molar-refractivity contribution in [1.29, 1.82) is 0 Å². The van der Waals surface area contributed by atoms with Crippen LogP contribution in [0.15, 0.2) is 24.3 Å². The molecule has 3 nitrogen and oxygen atoms in total. The summed E-state index contributed by atoms with van der Waals surface area (Å²) in [6, 6.07) is 7.70. The van der Waals surface area contributed by atoms with Gasteiger partial charge in [0.15, 0.2) is 0 Å². The fraction of sp³-hybridized carbons (Fsp3) is 0.417. The van der Waals surface area contributed by atoms with Crippen LogP contribution in [0.2, 0.25) is 0 Å². The first-order chi connectivity index (χ1) is 7.27. The molecule has 1 rings (SSSR count). The minimum atomic E-state index is -0.00732. The summed E-state index contributed by atoms with van der Waals surface area (Å²) in [5.41, 5.74) is 7.34. The van der Waals surface area contributed by atoms with Gasteiger partial charge in [0.25, 0.3) is 5.91 Å². The molecule has 0 aliphatic heterocycles. The van der Waals surface area contributed by atoms with Gasteiger partial charge in [-0.15, -0.1) is 0 Å². The number of nitrogens with one attached hydrogen (secondary N) is 1. The number of aryl methyl sites for hydroxylation is 1. The second kappa shape index (κ2) is 6.19. The van der Waals surface area contributed by atoms with Crippen molar-refractivity contribution in [2.24, 2.45) is 5.73 Å². The lowest BCUT2D eigenvalue weighted by atomic mass is 10.1. The Hall–Kier alpha value is -1.35. The molecule has 0 aliphatic carbocycles. The molecule has 3 heteroatoms. The summed E-state index contributed by atoms with van der Waals surface area (Å²) < 4.78 is 0. The van der Waals surface area contributed by atoms with Crippen LogP contribution in [0.3, 0.4) is 0 Å². The van der Waals surface area contributed by atoms with Crippen LogP contribution in [0, 0.1) is 0 Å². The van der Waals surface area contributed by atoms with Crippen molar-refractivity contribution in [2.45, 2.75) is 19.8 Å². The van der Waals surface area contributed by atoms with Crippen LogP contribution in [-0.2, 0) is 6.42 Å². The minimum Gasteiger partial charge on any atom is -0.352 e. The Labute approximate surface area is 90.7 Å². The van der Waals surface area contributed by atoms with Crippen LogP contribution in [-0.4, -0.2) is 19.0 Å². The minimum absolute atomic E-state index is 0.00732. The van der Waals surface area contributed by atoms with Gasteiger partial charge in [-0.1, -0.05) is 12.1 Å². The number of nitrogens with two attached hydrogens (primary N) is 1. The normalized spacial score (nSPS) is 10.0. The number of carbonyl (C=O) groups is 1. The smallest absolute Gasteiger partial charge is 0.251 e. The van der Waals surface area contributed by atoms with Crippen LogP contribution in [0.5, 0.6) is 0 Å². The summed E-state index contributed by atoms with van der Waals surface area (Å²) in [6.07, 6.45) is 1.89. The first kappa shape index (κ1) is 11.7. The van der Waals surface area contributed by atoms with Gasteiger partial charge in [-0.05, 0) is 44.0 Å². The number of hydrogen-bond donors (Lipinski definition) is 2. The Morgan fingerprint density at radius 2 is 2.27 bits per heavy atom. The Morgan fingerprint density at radius 1 is 1.47 bits per heavy atom. The number of rotatable bonds is 5. The molecule has 1 amide bonds. The van der Waals surface area contributed by atoms with Crippen LogP contribution in [0.1, 0.15) is 29.3 Å². The van der Waals surface area contributed by atoms with Crippen molar-refractivity contribution in [1.82, 2.24) is 5.32 Å². The van der Waals surface area contributed by atoms with Gasteiger partial charge in [-0.3, -0.25) is 4.79 Å². The van der Waals surface area contributed by atoms with Gasteiger partial charge in [0.2, 0.25) is 0 Å². The van der Waals surface area contributed by atoms with Gasteiger partial charge in [-0.2, -0.15) is 0 Å². The molecule has 15 heavy (non-hydrogen) atoms. The van der Waals surface area contributed by atoms with Crippen molar-refractivity contribution < 1.29 is 4.79 Å². The van der Waals surface area contributed by atoms with E-state index in [-0.39, 0.29) is 5.91 Å². The Bertz CT molecular complexity index is 323. The molecule has 0 bridgehead atoms. The Kier molecular flexibility index (Phi) is 4.84. The summed E-state index contributed by atoms with van der Waals surface area (Å²) in [4.78, 5) is 11.5. The standard InChI is InChI=1S/C12H18N2O/c1-2-14-12(15)11-7-3-5-10(9-11)6-4-8-13/h3,5,7,9H,2,4,6,8,13H2,1H3,(H,14,15). The van der Waals surface area contributed by atoms with E-state index in [1.54, 1.807) is 0 Å².